The Labute approximate surface area is 89.1 Å². The van der Waals surface area contributed by atoms with E-state index in [9.17, 15) is 0 Å². The third-order valence-electron chi connectivity index (χ3n) is 2.64. The average molecular weight is 202 g/mol. The minimum atomic E-state index is 0.226. The highest BCUT2D eigenvalue weighted by molar-refractivity contribution is 5.45. The summed E-state index contributed by atoms with van der Waals surface area (Å²) in [5.74, 6) is 0.690. The smallest absolute Gasteiger partial charge is 0.142 e. The molecule has 1 aliphatic rings. The molecule has 0 spiro atoms. The highest BCUT2D eigenvalue weighted by Gasteiger charge is 2.27. The predicted molar refractivity (Wildman–Crippen MR) is 58.1 cm³/mol. The lowest BCUT2D eigenvalue weighted by Crippen LogP contribution is -2.31. The predicted octanol–water partition coefficient (Wildman–Crippen LogP) is 1.10. The number of anilines is 1. The lowest BCUT2D eigenvalue weighted by molar-refractivity contribution is 0.621. The molecule has 1 fully saturated rings. The van der Waals surface area contributed by atoms with Crippen molar-refractivity contribution in [3.8, 4) is 6.07 Å². The van der Waals surface area contributed by atoms with Gasteiger partial charge in [-0.25, -0.2) is 4.98 Å². The number of hydrogen-bond donors (Lipinski definition) is 2. The summed E-state index contributed by atoms with van der Waals surface area (Å²) in [5, 5.41) is 11.9. The third kappa shape index (κ3) is 2.67. The van der Waals surface area contributed by atoms with Crippen molar-refractivity contribution >= 4 is 5.69 Å². The number of nitriles is 1. The molecule has 0 aromatic carbocycles. The fourth-order valence-corrected chi connectivity index (χ4v) is 1.53. The Balaban J connectivity index is 1.89. The Morgan fingerprint density at radius 2 is 2.47 bits per heavy atom. The van der Waals surface area contributed by atoms with Gasteiger partial charge in [-0.1, -0.05) is 0 Å². The van der Waals surface area contributed by atoms with Crippen molar-refractivity contribution < 1.29 is 0 Å². The molecule has 1 aromatic heterocycles. The maximum atomic E-state index is 8.67. The van der Waals surface area contributed by atoms with Crippen LogP contribution in [0.25, 0.3) is 0 Å². The third-order valence-corrected chi connectivity index (χ3v) is 2.64. The van der Waals surface area contributed by atoms with Gasteiger partial charge in [-0.15, -0.1) is 0 Å². The molecule has 4 nitrogen and oxygen atoms in total. The van der Waals surface area contributed by atoms with Crippen LogP contribution in [0.2, 0.25) is 0 Å². The number of pyridine rings is 1. The summed E-state index contributed by atoms with van der Waals surface area (Å²) >= 11 is 0. The van der Waals surface area contributed by atoms with Crippen LogP contribution in [0.3, 0.4) is 0 Å². The molecule has 78 valence electrons. The molecule has 2 rings (SSSR count). The van der Waals surface area contributed by atoms with Crippen LogP contribution in [0.4, 0.5) is 5.69 Å². The zero-order valence-corrected chi connectivity index (χ0v) is 8.48. The van der Waals surface area contributed by atoms with Crippen molar-refractivity contribution in [3.63, 3.8) is 0 Å². The molecule has 0 aliphatic heterocycles. The minimum Gasteiger partial charge on any atom is -0.383 e. The zero-order valence-electron chi connectivity index (χ0n) is 8.48. The van der Waals surface area contributed by atoms with E-state index in [-0.39, 0.29) is 6.04 Å². The first-order chi connectivity index (χ1) is 7.29. The van der Waals surface area contributed by atoms with Gasteiger partial charge in [0.15, 0.2) is 0 Å². The van der Waals surface area contributed by atoms with E-state index in [2.05, 4.69) is 10.3 Å². The molecular formula is C11H14N4. The van der Waals surface area contributed by atoms with Crippen LogP contribution in [0.5, 0.6) is 0 Å². The van der Waals surface area contributed by atoms with Gasteiger partial charge in [0.25, 0.3) is 0 Å². The number of nitrogens with one attached hydrogen (secondary N) is 1. The van der Waals surface area contributed by atoms with Crippen molar-refractivity contribution in [2.45, 2.75) is 18.9 Å². The van der Waals surface area contributed by atoms with Crippen LogP contribution in [0.1, 0.15) is 18.5 Å². The molecule has 3 N–H and O–H groups in total. The van der Waals surface area contributed by atoms with E-state index in [1.165, 1.54) is 12.8 Å². The van der Waals surface area contributed by atoms with Crippen LogP contribution in [-0.4, -0.2) is 17.6 Å². The first kappa shape index (κ1) is 9.94. The molecule has 1 aliphatic carbocycles. The van der Waals surface area contributed by atoms with E-state index >= 15 is 0 Å². The van der Waals surface area contributed by atoms with Crippen molar-refractivity contribution in [2.75, 3.05) is 11.9 Å². The van der Waals surface area contributed by atoms with Gasteiger partial charge in [0.05, 0.1) is 0 Å². The molecule has 0 bridgehead atoms. The quantitative estimate of drug-likeness (QED) is 0.766. The normalized spacial score (nSPS) is 16.8. The summed E-state index contributed by atoms with van der Waals surface area (Å²) in [4.78, 5) is 3.90. The fourth-order valence-electron chi connectivity index (χ4n) is 1.53. The maximum absolute atomic E-state index is 8.67. The second-order valence-corrected chi connectivity index (χ2v) is 3.92. The van der Waals surface area contributed by atoms with Crippen LogP contribution in [-0.2, 0) is 0 Å². The van der Waals surface area contributed by atoms with Crippen LogP contribution in [0, 0.1) is 17.2 Å². The van der Waals surface area contributed by atoms with Gasteiger partial charge in [-0.3, -0.25) is 0 Å². The maximum Gasteiger partial charge on any atom is 0.142 e. The summed E-state index contributed by atoms with van der Waals surface area (Å²) in [5.41, 5.74) is 7.30. The Hall–Kier alpha value is -1.60. The number of rotatable bonds is 4. The van der Waals surface area contributed by atoms with Crippen LogP contribution >= 0.6 is 0 Å². The molecule has 0 radical (unpaired) electrons. The summed E-state index contributed by atoms with van der Waals surface area (Å²) in [6.45, 7) is 0.763. The fraction of sp³-hybridized carbons (Fsp3) is 0.455. The Kier molecular flexibility index (Phi) is 2.84. The molecular weight excluding hydrogens is 188 g/mol. The summed E-state index contributed by atoms with van der Waals surface area (Å²) in [7, 11) is 0. The molecule has 1 atom stereocenters. The van der Waals surface area contributed by atoms with Crippen molar-refractivity contribution in [3.05, 3.63) is 24.0 Å². The van der Waals surface area contributed by atoms with E-state index in [0.717, 1.165) is 12.2 Å². The van der Waals surface area contributed by atoms with Gasteiger partial charge in [0.1, 0.15) is 11.8 Å². The van der Waals surface area contributed by atoms with Gasteiger partial charge in [0, 0.05) is 24.5 Å². The van der Waals surface area contributed by atoms with Crippen molar-refractivity contribution in [1.29, 1.82) is 5.26 Å². The standard InChI is InChI=1S/C11H14N4/c12-6-10-5-9(3-4-14-10)15-7-11(13)8-1-2-8/h3-5,8,11H,1-2,7,13H2,(H,14,15). The molecule has 0 saturated heterocycles. The summed E-state index contributed by atoms with van der Waals surface area (Å²) in [6, 6.07) is 5.82. The van der Waals surface area contributed by atoms with Gasteiger partial charge in [-0.05, 0) is 30.9 Å². The van der Waals surface area contributed by atoms with E-state index in [0.29, 0.717) is 11.6 Å². The largest absolute Gasteiger partial charge is 0.383 e. The molecule has 1 aromatic rings. The van der Waals surface area contributed by atoms with Crippen molar-refractivity contribution in [1.82, 2.24) is 4.98 Å². The minimum absolute atomic E-state index is 0.226. The van der Waals surface area contributed by atoms with Gasteiger partial charge in [-0.2, -0.15) is 5.26 Å². The van der Waals surface area contributed by atoms with E-state index in [1.807, 2.05) is 12.1 Å². The molecule has 1 heterocycles. The molecule has 1 unspecified atom stereocenters. The van der Waals surface area contributed by atoms with E-state index in [4.69, 9.17) is 11.0 Å². The SMILES string of the molecule is N#Cc1cc(NCC(N)C2CC2)ccn1. The molecule has 0 amide bonds. The topological polar surface area (TPSA) is 74.7 Å². The molecule has 15 heavy (non-hydrogen) atoms. The highest BCUT2D eigenvalue weighted by Crippen LogP contribution is 2.31. The van der Waals surface area contributed by atoms with Gasteiger partial charge < -0.3 is 11.1 Å². The first-order valence-corrected chi connectivity index (χ1v) is 5.15. The Morgan fingerprint density at radius 1 is 1.67 bits per heavy atom. The monoisotopic (exact) mass is 202 g/mol. The average Bonchev–Trinajstić information content (AvgIpc) is 3.10. The molecule has 4 heteroatoms. The number of aromatic nitrogens is 1. The van der Waals surface area contributed by atoms with Gasteiger partial charge in [0.2, 0.25) is 0 Å². The Bertz CT molecular complexity index is 378. The van der Waals surface area contributed by atoms with Crippen molar-refractivity contribution in [2.24, 2.45) is 11.7 Å². The zero-order chi connectivity index (χ0) is 10.7. The second kappa shape index (κ2) is 4.28. The number of nitrogens with two attached hydrogens (primary N) is 1. The van der Waals surface area contributed by atoms with Gasteiger partial charge >= 0.3 is 0 Å². The highest BCUT2D eigenvalue weighted by atomic mass is 14.9. The lowest BCUT2D eigenvalue weighted by atomic mass is 10.2. The number of nitrogens with zero attached hydrogens (tertiary/aromatic N) is 2. The second-order valence-electron chi connectivity index (χ2n) is 3.92. The summed E-state index contributed by atoms with van der Waals surface area (Å²) < 4.78 is 0. The summed E-state index contributed by atoms with van der Waals surface area (Å²) in [6.07, 6.45) is 4.13. The first-order valence-electron chi connectivity index (χ1n) is 5.15. The van der Waals surface area contributed by atoms with E-state index in [1.54, 1.807) is 12.3 Å². The Morgan fingerprint density at radius 3 is 3.13 bits per heavy atom. The molecule has 1 saturated carbocycles. The van der Waals surface area contributed by atoms with E-state index < -0.39 is 0 Å². The van der Waals surface area contributed by atoms with Crippen LogP contribution < -0.4 is 11.1 Å². The van der Waals surface area contributed by atoms with Crippen LogP contribution in [0.15, 0.2) is 18.3 Å². The lowest BCUT2D eigenvalue weighted by Gasteiger charge is -2.12. The number of hydrogen-bond acceptors (Lipinski definition) is 4.